The molecule has 0 aliphatic rings. The molecule has 0 aliphatic heterocycles. The Morgan fingerprint density at radius 3 is 2.86 bits per heavy atom. The first-order valence-electron chi connectivity index (χ1n) is 7.15. The second-order valence-electron chi connectivity index (χ2n) is 5.12. The maximum atomic E-state index is 13.4. The van der Waals surface area contributed by atoms with Gasteiger partial charge in [0, 0.05) is 24.6 Å². The first kappa shape index (κ1) is 18.0. The number of halogens is 1. The molecule has 0 saturated heterocycles. The molecule has 0 bridgehead atoms. The molecular formula is C17H24FNOS. The van der Waals surface area contributed by atoms with E-state index in [2.05, 4.69) is 37.0 Å². The average Bonchev–Trinajstić information content (AvgIpc) is 2.47. The molecule has 0 saturated carbocycles. The number of thioether (sulfide) groups is 1. The lowest BCUT2D eigenvalue weighted by Crippen LogP contribution is -2.29. The molecule has 1 N–H and O–H groups in total. The number of hydrogen-bond donors (Lipinski definition) is 1. The summed E-state index contributed by atoms with van der Waals surface area (Å²) in [4.78, 5) is 2.26. The standard InChI is InChI=1S/C17H24FNOS/c1-14(9-11-21-3)19(2)13-16-7-8-17(18)12-15(16)6-4-5-10-20/h7-8,12,14,20H,5,9-11,13H2,1-3H3. The van der Waals surface area contributed by atoms with Crippen molar-refractivity contribution in [3.05, 3.63) is 35.1 Å². The predicted octanol–water partition coefficient (Wildman–Crippen LogP) is 3.13. The highest BCUT2D eigenvalue weighted by Gasteiger charge is 2.11. The van der Waals surface area contributed by atoms with Gasteiger partial charge in [-0.15, -0.1) is 0 Å². The van der Waals surface area contributed by atoms with Crippen LogP contribution in [0.3, 0.4) is 0 Å². The van der Waals surface area contributed by atoms with Crippen molar-refractivity contribution in [2.75, 3.05) is 25.7 Å². The Kier molecular flexibility index (Phi) is 8.44. The van der Waals surface area contributed by atoms with Gasteiger partial charge in [0.05, 0.1) is 6.61 Å². The van der Waals surface area contributed by atoms with Crippen LogP contribution in [0.5, 0.6) is 0 Å². The molecule has 1 unspecified atom stereocenters. The fraction of sp³-hybridized carbons (Fsp3) is 0.529. The lowest BCUT2D eigenvalue weighted by atomic mass is 10.1. The van der Waals surface area contributed by atoms with Crippen molar-refractivity contribution in [2.24, 2.45) is 0 Å². The van der Waals surface area contributed by atoms with E-state index >= 15 is 0 Å². The molecule has 0 radical (unpaired) electrons. The summed E-state index contributed by atoms with van der Waals surface area (Å²) in [6.45, 7) is 2.99. The van der Waals surface area contributed by atoms with Crippen molar-refractivity contribution in [3.8, 4) is 11.8 Å². The van der Waals surface area contributed by atoms with Crippen molar-refractivity contribution in [1.29, 1.82) is 0 Å². The smallest absolute Gasteiger partial charge is 0.124 e. The van der Waals surface area contributed by atoms with E-state index in [4.69, 9.17) is 5.11 Å². The first-order chi connectivity index (χ1) is 10.1. The molecule has 116 valence electrons. The zero-order valence-electron chi connectivity index (χ0n) is 13.0. The van der Waals surface area contributed by atoms with Gasteiger partial charge in [-0.2, -0.15) is 11.8 Å². The van der Waals surface area contributed by atoms with Crippen LogP contribution in [0, 0.1) is 17.7 Å². The third-order valence-electron chi connectivity index (χ3n) is 3.44. The summed E-state index contributed by atoms with van der Waals surface area (Å²) in [5.41, 5.74) is 1.74. The first-order valence-corrected chi connectivity index (χ1v) is 8.55. The fourth-order valence-corrected chi connectivity index (χ4v) is 2.53. The minimum absolute atomic E-state index is 0.0310. The quantitative estimate of drug-likeness (QED) is 0.783. The predicted molar refractivity (Wildman–Crippen MR) is 88.9 cm³/mol. The maximum Gasteiger partial charge on any atom is 0.124 e. The van der Waals surface area contributed by atoms with E-state index < -0.39 is 0 Å². The second-order valence-corrected chi connectivity index (χ2v) is 6.11. The summed E-state index contributed by atoms with van der Waals surface area (Å²) in [5.74, 6) is 6.69. The summed E-state index contributed by atoms with van der Waals surface area (Å²) in [6, 6.07) is 5.23. The van der Waals surface area contributed by atoms with E-state index in [1.165, 1.54) is 12.1 Å². The van der Waals surface area contributed by atoms with Crippen LogP contribution in [0.1, 0.15) is 30.9 Å². The van der Waals surface area contributed by atoms with Crippen LogP contribution in [0.15, 0.2) is 18.2 Å². The van der Waals surface area contributed by atoms with Crippen molar-refractivity contribution in [1.82, 2.24) is 4.90 Å². The highest BCUT2D eigenvalue weighted by atomic mass is 32.2. The highest BCUT2D eigenvalue weighted by Crippen LogP contribution is 2.15. The van der Waals surface area contributed by atoms with E-state index in [0.29, 0.717) is 18.0 Å². The Morgan fingerprint density at radius 2 is 2.19 bits per heavy atom. The Balaban J connectivity index is 2.80. The van der Waals surface area contributed by atoms with Crippen molar-refractivity contribution in [3.63, 3.8) is 0 Å². The van der Waals surface area contributed by atoms with Crippen molar-refractivity contribution < 1.29 is 9.50 Å². The summed E-state index contributed by atoms with van der Waals surface area (Å²) in [7, 11) is 2.08. The van der Waals surface area contributed by atoms with Gasteiger partial charge in [0.2, 0.25) is 0 Å². The molecule has 1 rings (SSSR count). The minimum Gasteiger partial charge on any atom is -0.395 e. The van der Waals surface area contributed by atoms with E-state index in [9.17, 15) is 4.39 Å². The van der Waals surface area contributed by atoms with Crippen LogP contribution in [-0.2, 0) is 6.54 Å². The van der Waals surface area contributed by atoms with Crippen molar-refractivity contribution in [2.45, 2.75) is 32.4 Å². The molecular weight excluding hydrogens is 285 g/mol. The van der Waals surface area contributed by atoms with Gasteiger partial charge in [0.25, 0.3) is 0 Å². The number of aliphatic hydroxyl groups excluding tert-OH is 1. The molecule has 1 atom stereocenters. The van der Waals surface area contributed by atoms with Crippen LogP contribution in [0.2, 0.25) is 0 Å². The van der Waals surface area contributed by atoms with Crippen molar-refractivity contribution >= 4 is 11.8 Å². The second kappa shape index (κ2) is 9.83. The fourth-order valence-electron chi connectivity index (χ4n) is 1.95. The van der Waals surface area contributed by atoms with Gasteiger partial charge in [0.15, 0.2) is 0 Å². The van der Waals surface area contributed by atoms with Crippen LogP contribution in [0.25, 0.3) is 0 Å². The van der Waals surface area contributed by atoms with Gasteiger partial charge in [-0.1, -0.05) is 17.9 Å². The van der Waals surface area contributed by atoms with Gasteiger partial charge < -0.3 is 5.11 Å². The molecule has 1 aromatic carbocycles. The average molecular weight is 309 g/mol. The molecule has 0 aromatic heterocycles. The summed E-state index contributed by atoms with van der Waals surface area (Å²) in [5, 5.41) is 8.78. The molecule has 0 heterocycles. The third-order valence-corrected chi connectivity index (χ3v) is 4.09. The number of aliphatic hydroxyl groups is 1. The van der Waals surface area contributed by atoms with Gasteiger partial charge in [-0.25, -0.2) is 4.39 Å². The number of nitrogens with zero attached hydrogens (tertiary/aromatic N) is 1. The molecule has 21 heavy (non-hydrogen) atoms. The molecule has 0 amide bonds. The Hall–Kier alpha value is -1.02. The van der Waals surface area contributed by atoms with E-state index in [-0.39, 0.29) is 12.4 Å². The van der Waals surface area contributed by atoms with Crippen LogP contribution in [0.4, 0.5) is 4.39 Å². The van der Waals surface area contributed by atoms with Gasteiger partial charge >= 0.3 is 0 Å². The summed E-state index contributed by atoms with van der Waals surface area (Å²) >= 11 is 1.85. The van der Waals surface area contributed by atoms with Crippen LogP contribution < -0.4 is 0 Å². The van der Waals surface area contributed by atoms with Crippen LogP contribution >= 0.6 is 11.8 Å². The van der Waals surface area contributed by atoms with E-state index in [1.54, 1.807) is 6.07 Å². The Labute approximate surface area is 131 Å². The zero-order valence-corrected chi connectivity index (χ0v) is 13.8. The Morgan fingerprint density at radius 1 is 1.43 bits per heavy atom. The highest BCUT2D eigenvalue weighted by molar-refractivity contribution is 7.98. The lowest BCUT2D eigenvalue weighted by molar-refractivity contribution is 0.245. The maximum absolute atomic E-state index is 13.4. The van der Waals surface area contributed by atoms with E-state index in [0.717, 1.165) is 24.3 Å². The monoisotopic (exact) mass is 309 g/mol. The van der Waals surface area contributed by atoms with E-state index in [1.807, 2.05) is 11.8 Å². The normalized spacial score (nSPS) is 12.1. The Bertz CT molecular complexity index is 495. The SMILES string of the molecule is CSCCC(C)N(C)Cc1ccc(F)cc1C#CCCO. The third kappa shape index (κ3) is 6.52. The molecule has 0 aliphatic carbocycles. The molecule has 0 spiro atoms. The van der Waals surface area contributed by atoms with Gasteiger partial charge in [-0.05, 0) is 50.1 Å². The topological polar surface area (TPSA) is 23.5 Å². The zero-order chi connectivity index (χ0) is 15.7. The largest absolute Gasteiger partial charge is 0.395 e. The van der Waals surface area contributed by atoms with Crippen LogP contribution in [-0.4, -0.2) is 41.7 Å². The molecule has 2 nitrogen and oxygen atoms in total. The lowest BCUT2D eigenvalue weighted by Gasteiger charge is -2.25. The summed E-state index contributed by atoms with van der Waals surface area (Å²) in [6.07, 6.45) is 3.65. The number of rotatable bonds is 7. The minimum atomic E-state index is -0.273. The molecule has 0 fully saturated rings. The summed E-state index contributed by atoms with van der Waals surface area (Å²) < 4.78 is 13.4. The number of benzene rings is 1. The number of hydrogen-bond acceptors (Lipinski definition) is 3. The molecule has 1 aromatic rings. The molecule has 4 heteroatoms. The van der Waals surface area contributed by atoms with Gasteiger partial charge in [-0.3, -0.25) is 4.90 Å². The van der Waals surface area contributed by atoms with Gasteiger partial charge in [0.1, 0.15) is 5.82 Å².